The number of rotatable bonds is 13. The monoisotopic (exact) mass is 587 g/mol. The molecule has 3 rings (SSSR count). The van der Waals surface area contributed by atoms with Crippen molar-refractivity contribution >= 4 is 21.4 Å². The first-order valence-corrected chi connectivity index (χ1v) is 14.5. The standard InChI is InChI=1S/C28H30ClF4NO4S/c1-39(36,37)26-18-24(11-8-21(26)13-16-35)38-17-3-14-34(15-12-20-6-9-23(30)10-7-20)19-22-4-2-5-25(27(22)29)28(31,32)33/h2,4-11,18,35H,3,12-17,19H2,1H3. The Labute approximate surface area is 230 Å². The highest BCUT2D eigenvalue weighted by Crippen LogP contribution is 2.36. The summed E-state index contributed by atoms with van der Waals surface area (Å²) in [5, 5.41) is 8.86. The second-order valence-electron chi connectivity index (χ2n) is 9.15. The molecule has 212 valence electrons. The summed E-state index contributed by atoms with van der Waals surface area (Å²) in [5.41, 5.74) is 0.819. The van der Waals surface area contributed by atoms with E-state index in [1.165, 1.54) is 24.3 Å². The van der Waals surface area contributed by atoms with Crippen LogP contribution in [-0.4, -0.2) is 51.0 Å². The zero-order chi connectivity index (χ0) is 28.6. The first-order chi connectivity index (χ1) is 18.4. The van der Waals surface area contributed by atoms with Crippen molar-refractivity contribution in [1.29, 1.82) is 0 Å². The van der Waals surface area contributed by atoms with Gasteiger partial charge < -0.3 is 9.84 Å². The number of alkyl halides is 3. The van der Waals surface area contributed by atoms with Gasteiger partial charge in [-0.1, -0.05) is 41.9 Å². The van der Waals surface area contributed by atoms with Gasteiger partial charge in [-0.3, -0.25) is 4.90 Å². The Morgan fingerprint density at radius 1 is 0.974 bits per heavy atom. The molecule has 0 radical (unpaired) electrons. The average Bonchev–Trinajstić information content (AvgIpc) is 2.86. The second-order valence-corrected chi connectivity index (χ2v) is 11.5. The van der Waals surface area contributed by atoms with E-state index in [9.17, 15) is 31.1 Å². The lowest BCUT2D eigenvalue weighted by Crippen LogP contribution is -2.28. The summed E-state index contributed by atoms with van der Waals surface area (Å²) in [5.74, 6) is 0.00262. The van der Waals surface area contributed by atoms with Gasteiger partial charge in [0.05, 0.1) is 22.1 Å². The maximum absolute atomic E-state index is 13.4. The first kappa shape index (κ1) is 30.9. The number of hydrogen-bond acceptors (Lipinski definition) is 5. The van der Waals surface area contributed by atoms with E-state index >= 15 is 0 Å². The molecule has 0 fully saturated rings. The fourth-order valence-electron chi connectivity index (χ4n) is 4.14. The third-order valence-corrected chi connectivity index (χ3v) is 7.74. The van der Waals surface area contributed by atoms with E-state index in [1.807, 2.05) is 4.90 Å². The van der Waals surface area contributed by atoms with Crippen molar-refractivity contribution in [2.45, 2.75) is 36.9 Å². The summed E-state index contributed by atoms with van der Waals surface area (Å²) in [6, 6.07) is 14.5. The molecule has 5 nitrogen and oxygen atoms in total. The minimum absolute atomic E-state index is 0.0918. The summed E-state index contributed by atoms with van der Waals surface area (Å²) < 4.78 is 83.4. The van der Waals surface area contributed by atoms with Crippen molar-refractivity contribution in [2.75, 3.05) is 32.6 Å². The largest absolute Gasteiger partial charge is 0.494 e. The predicted octanol–water partition coefficient (Wildman–Crippen LogP) is 5.95. The van der Waals surface area contributed by atoms with Gasteiger partial charge in [-0.25, -0.2) is 12.8 Å². The molecule has 0 aliphatic rings. The lowest BCUT2D eigenvalue weighted by molar-refractivity contribution is -0.137. The van der Waals surface area contributed by atoms with E-state index < -0.39 is 21.6 Å². The van der Waals surface area contributed by atoms with Crippen LogP contribution >= 0.6 is 11.6 Å². The zero-order valence-corrected chi connectivity index (χ0v) is 22.9. The minimum Gasteiger partial charge on any atom is -0.494 e. The van der Waals surface area contributed by atoms with E-state index in [0.717, 1.165) is 17.9 Å². The van der Waals surface area contributed by atoms with Crippen LogP contribution in [0.15, 0.2) is 65.6 Å². The summed E-state index contributed by atoms with van der Waals surface area (Å²) in [7, 11) is -3.53. The van der Waals surface area contributed by atoms with Crippen molar-refractivity contribution in [3.63, 3.8) is 0 Å². The quantitative estimate of drug-likeness (QED) is 0.198. The van der Waals surface area contributed by atoms with Crippen molar-refractivity contribution in [3.05, 3.63) is 93.8 Å². The molecule has 0 heterocycles. The van der Waals surface area contributed by atoms with E-state index in [1.54, 1.807) is 30.3 Å². The molecule has 0 amide bonds. The van der Waals surface area contributed by atoms with Gasteiger partial charge in [0, 0.05) is 32.5 Å². The summed E-state index contributed by atoms with van der Waals surface area (Å²) >= 11 is 6.12. The number of halogens is 5. The van der Waals surface area contributed by atoms with Gasteiger partial charge in [0.15, 0.2) is 9.84 Å². The van der Waals surface area contributed by atoms with Gasteiger partial charge in [-0.2, -0.15) is 13.2 Å². The maximum atomic E-state index is 13.4. The highest BCUT2D eigenvalue weighted by atomic mass is 35.5. The average molecular weight is 588 g/mol. The first-order valence-electron chi connectivity index (χ1n) is 12.3. The Hall–Kier alpha value is -2.66. The fraction of sp³-hybridized carbons (Fsp3) is 0.357. The molecular formula is C28H30ClF4NO4S. The molecule has 0 bridgehead atoms. The number of nitrogens with zero attached hydrogens (tertiary/aromatic N) is 1. The Morgan fingerprint density at radius 3 is 2.33 bits per heavy atom. The Kier molecular flexibility index (Phi) is 10.8. The van der Waals surface area contributed by atoms with E-state index in [4.69, 9.17) is 16.3 Å². The summed E-state index contributed by atoms with van der Waals surface area (Å²) in [4.78, 5) is 2.04. The SMILES string of the molecule is CS(=O)(=O)c1cc(OCCCN(CCc2ccc(F)cc2)Cc2cccc(C(F)(F)F)c2Cl)ccc1CCO. The third-order valence-electron chi connectivity index (χ3n) is 6.11. The minimum atomic E-state index is -4.57. The van der Waals surface area contributed by atoms with Crippen LogP contribution in [0.3, 0.4) is 0 Å². The maximum Gasteiger partial charge on any atom is 0.417 e. The molecule has 39 heavy (non-hydrogen) atoms. The number of hydrogen-bond donors (Lipinski definition) is 1. The molecule has 0 aromatic heterocycles. The molecule has 3 aromatic carbocycles. The lowest BCUT2D eigenvalue weighted by Gasteiger charge is -2.24. The van der Waals surface area contributed by atoms with Crippen LogP contribution in [0.1, 0.15) is 28.7 Å². The molecule has 1 N–H and O–H groups in total. The van der Waals surface area contributed by atoms with Crippen LogP contribution in [0.25, 0.3) is 0 Å². The van der Waals surface area contributed by atoms with Gasteiger partial charge in [-0.05, 0) is 66.3 Å². The lowest BCUT2D eigenvalue weighted by atomic mass is 10.1. The molecular weight excluding hydrogens is 558 g/mol. The van der Waals surface area contributed by atoms with E-state index in [0.29, 0.717) is 42.8 Å². The van der Waals surface area contributed by atoms with Gasteiger partial charge in [0.2, 0.25) is 0 Å². The molecule has 0 aliphatic heterocycles. The summed E-state index contributed by atoms with van der Waals surface area (Å²) in [6.07, 6.45) is -2.25. The van der Waals surface area contributed by atoms with Crippen molar-refractivity contribution in [2.24, 2.45) is 0 Å². The van der Waals surface area contributed by atoms with E-state index in [-0.39, 0.29) is 41.9 Å². The number of sulfone groups is 1. The topological polar surface area (TPSA) is 66.8 Å². The van der Waals surface area contributed by atoms with Crippen LogP contribution in [0.4, 0.5) is 17.6 Å². The summed E-state index contributed by atoms with van der Waals surface area (Å²) in [6.45, 7) is 1.14. The number of aliphatic hydroxyl groups is 1. The molecule has 3 aromatic rings. The van der Waals surface area contributed by atoms with Crippen molar-refractivity contribution < 1.29 is 35.8 Å². The predicted molar refractivity (Wildman–Crippen MR) is 142 cm³/mol. The van der Waals surface area contributed by atoms with E-state index in [2.05, 4.69) is 0 Å². The Bertz CT molecular complexity index is 1350. The third kappa shape index (κ3) is 9.20. The van der Waals surface area contributed by atoms with Gasteiger partial charge in [0.25, 0.3) is 0 Å². The molecule has 0 saturated heterocycles. The van der Waals surface area contributed by atoms with Crippen LogP contribution < -0.4 is 4.74 Å². The van der Waals surface area contributed by atoms with Gasteiger partial charge in [0.1, 0.15) is 11.6 Å². The molecule has 0 aliphatic carbocycles. The van der Waals surface area contributed by atoms with Crippen molar-refractivity contribution in [3.8, 4) is 5.75 Å². The van der Waals surface area contributed by atoms with Crippen molar-refractivity contribution in [1.82, 2.24) is 4.90 Å². The van der Waals surface area contributed by atoms with Gasteiger partial charge >= 0.3 is 6.18 Å². The molecule has 11 heteroatoms. The molecule has 0 saturated carbocycles. The molecule has 0 spiro atoms. The number of benzene rings is 3. The molecule has 0 unspecified atom stereocenters. The smallest absolute Gasteiger partial charge is 0.417 e. The van der Waals surface area contributed by atoms with Crippen LogP contribution in [0.5, 0.6) is 5.75 Å². The normalized spacial score (nSPS) is 12.2. The highest BCUT2D eigenvalue weighted by molar-refractivity contribution is 7.90. The number of aliphatic hydroxyl groups excluding tert-OH is 1. The number of ether oxygens (including phenoxy) is 1. The fourth-order valence-corrected chi connectivity index (χ4v) is 5.41. The van der Waals surface area contributed by atoms with Crippen LogP contribution in [0.2, 0.25) is 5.02 Å². The van der Waals surface area contributed by atoms with Gasteiger partial charge in [-0.15, -0.1) is 0 Å². The van der Waals surface area contributed by atoms with Crippen LogP contribution in [-0.2, 0) is 35.4 Å². The Morgan fingerprint density at radius 2 is 1.69 bits per heavy atom. The molecule has 0 atom stereocenters. The highest BCUT2D eigenvalue weighted by Gasteiger charge is 2.34. The zero-order valence-electron chi connectivity index (χ0n) is 21.3. The second kappa shape index (κ2) is 13.6. The Balaban J connectivity index is 1.69. The van der Waals surface area contributed by atoms with Crippen LogP contribution in [0, 0.1) is 5.82 Å².